The van der Waals surface area contributed by atoms with Gasteiger partial charge in [-0.1, -0.05) is 23.7 Å². The molecule has 6 nitrogen and oxygen atoms in total. The summed E-state index contributed by atoms with van der Waals surface area (Å²) >= 11 is 6.11. The van der Waals surface area contributed by atoms with Gasteiger partial charge in [0.1, 0.15) is 17.1 Å². The number of fused-ring (bicyclic) bond motifs is 3. The molecule has 0 fully saturated rings. The van der Waals surface area contributed by atoms with Gasteiger partial charge in [-0.25, -0.2) is 14.8 Å². The van der Waals surface area contributed by atoms with Crippen molar-refractivity contribution in [3.8, 4) is 0 Å². The Balaban J connectivity index is 2.17. The third-order valence-corrected chi connectivity index (χ3v) is 3.25. The summed E-state index contributed by atoms with van der Waals surface area (Å²) in [5, 5.41) is 7.49. The van der Waals surface area contributed by atoms with Crippen molar-refractivity contribution in [3.05, 3.63) is 29.7 Å². The predicted octanol–water partition coefficient (Wildman–Crippen LogP) is 2.91. The molecule has 0 unspecified atom stereocenters. The largest absolute Gasteiger partial charge is 0.338 e. The molecule has 102 valence electrons. The van der Waals surface area contributed by atoms with Crippen molar-refractivity contribution in [2.45, 2.75) is 6.92 Å². The third-order valence-electron chi connectivity index (χ3n) is 2.96. The standard InChI is InChI=1S/C13H12ClN5O/c1-2-15-13(20)18-8-5-3-4-7-9-11(14)16-6-17-12(9)19-10(7)8/h3-6H,2H2,1H3,(H2,15,18,20)(H,16,17,19). The first-order chi connectivity index (χ1) is 9.70. The molecule has 3 rings (SSSR count). The first kappa shape index (κ1) is 12.7. The van der Waals surface area contributed by atoms with Crippen LogP contribution in [0.3, 0.4) is 0 Å². The topological polar surface area (TPSA) is 82.7 Å². The maximum Gasteiger partial charge on any atom is 0.319 e. The Labute approximate surface area is 119 Å². The molecule has 0 saturated carbocycles. The lowest BCUT2D eigenvalue weighted by Crippen LogP contribution is -2.28. The number of H-pyrrole nitrogens is 1. The van der Waals surface area contributed by atoms with Crippen LogP contribution in [-0.2, 0) is 0 Å². The van der Waals surface area contributed by atoms with E-state index in [-0.39, 0.29) is 6.03 Å². The molecule has 20 heavy (non-hydrogen) atoms. The van der Waals surface area contributed by atoms with Crippen molar-refractivity contribution < 1.29 is 4.79 Å². The monoisotopic (exact) mass is 289 g/mol. The Hall–Kier alpha value is -2.34. The third kappa shape index (κ3) is 2.04. The normalized spacial score (nSPS) is 10.9. The molecule has 2 amide bonds. The van der Waals surface area contributed by atoms with Crippen molar-refractivity contribution in [2.24, 2.45) is 0 Å². The van der Waals surface area contributed by atoms with E-state index in [1.165, 1.54) is 6.33 Å². The SMILES string of the molecule is CCNC(=O)Nc1cccc2c1[nH]c1ncnc(Cl)c12. The van der Waals surface area contributed by atoms with Crippen LogP contribution in [0, 0.1) is 0 Å². The first-order valence-corrected chi connectivity index (χ1v) is 6.54. The van der Waals surface area contributed by atoms with Crippen molar-refractivity contribution >= 4 is 45.3 Å². The molecule has 2 heterocycles. The van der Waals surface area contributed by atoms with Crippen molar-refractivity contribution in [2.75, 3.05) is 11.9 Å². The Kier molecular flexibility index (Phi) is 3.15. The van der Waals surface area contributed by atoms with Gasteiger partial charge in [-0.3, -0.25) is 0 Å². The molecule has 3 N–H and O–H groups in total. The van der Waals surface area contributed by atoms with E-state index < -0.39 is 0 Å². The second kappa shape index (κ2) is 4.97. The van der Waals surface area contributed by atoms with E-state index in [2.05, 4.69) is 25.6 Å². The zero-order valence-corrected chi connectivity index (χ0v) is 11.5. The second-order valence-electron chi connectivity index (χ2n) is 4.23. The number of carbonyl (C=O) groups excluding carboxylic acids is 1. The molecule has 7 heteroatoms. The highest BCUT2D eigenvalue weighted by atomic mass is 35.5. The molecule has 0 atom stereocenters. The number of hydrogen-bond acceptors (Lipinski definition) is 3. The first-order valence-electron chi connectivity index (χ1n) is 6.16. The lowest BCUT2D eigenvalue weighted by atomic mass is 10.2. The average Bonchev–Trinajstić information content (AvgIpc) is 2.80. The van der Waals surface area contributed by atoms with E-state index in [4.69, 9.17) is 11.6 Å². The van der Waals surface area contributed by atoms with Crippen LogP contribution in [0.25, 0.3) is 21.9 Å². The van der Waals surface area contributed by atoms with Gasteiger partial charge in [-0.05, 0) is 13.0 Å². The van der Waals surface area contributed by atoms with Gasteiger partial charge in [0.05, 0.1) is 16.6 Å². The Morgan fingerprint density at radius 1 is 1.40 bits per heavy atom. The summed E-state index contributed by atoms with van der Waals surface area (Å²) in [5.74, 6) is 0. The molecule has 0 radical (unpaired) electrons. The van der Waals surface area contributed by atoms with Gasteiger partial charge in [0, 0.05) is 11.9 Å². The van der Waals surface area contributed by atoms with E-state index >= 15 is 0 Å². The summed E-state index contributed by atoms with van der Waals surface area (Å²) in [6.45, 7) is 2.42. The van der Waals surface area contributed by atoms with Crippen LogP contribution in [0.2, 0.25) is 5.15 Å². The number of amides is 2. The highest BCUT2D eigenvalue weighted by Gasteiger charge is 2.13. The minimum Gasteiger partial charge on any atom is -0.338 e. The van der Waals surface area contributed by atoms with Gasteiger partial charge in [0.25, 0.3) is 0 Å². The van der Waals surface area contributed by atoms with Gasteiger partial charge in [-0.2, -0.15) is 0 Å². The molecule has 0 aliphatic rings. The maximum absolute atomic E-state index is 11.6. The molecular formula is C13H12ClN5O. The van der Waals surface area contributed by atoms with Crippen molar-refractivity contribution in [1.82, 2.24) is 20.3 Å². The summed E-state index contributed by atoms with van der Waals surface area (Å²) in [6.07, 6.45) is 1.40. The van der Waals surface area contributed by atoms with E-state index in [1.54, 1.807) is 0 Å². The number of halogens is 1. The fourth-order valence-corrected chi connectivity index (χ4v) is 2.38. The molecule has 0 bridgehead atoms. The molecular weight excluding hydrogens is 278 g/mol. The Morgan fingerprint density at radius 2 is 2.25 bits per heavy atom. The van der Waals surface area contributed by atoms with Gasteiger partial charge in [0.15, 0.2) is 0 Å². The molecule has 1 aromatic carbocycles. The smallest absolute Gasteiger partial charge is 0.319 e. The zero-order valence-electron chi connectivity index (χ0n) is 10.7. The lowest BCUT2D eigenvalue weighted by Gasteiger charge is -2.06. The number of urea groups is 1. The number of carbonyl (C=O) groups is 1. The number of aromatic nitrogens is 3. The van der Waals surface area contributed by atoms with Crippen LogP contribution in [-0.4, -0.2) is 27.5 Å². The number of benzene rings is 1. The molecule has 0 aliphatic carbocycles. The number of hydrogen-bond donors (Lipinski definition) is 3. The summed E-state index contributed by atoms with van der Waals surface area (Å²) in [4.78, 5) is 22.9. The van der Waals surface area contributed by atoms with Crippen LogP contribution >= 0.6 is 11.6 Å². The molecule has 3 aromatic rings. The highest BCUT2D eigenvalue weighted by Crippen LogP contribution is 2.32. The summed E-state index contributed by atoms with van der Waals surface area (Å²) in [6, 6.07) is 5.32. The molecule has 2 aromatic heterocycles. The zero-order chi connectivity index (χ0) is 14.1. The van der Waals surface area contributed by atoms with Crippen LogP contribution in [0.4, 0.5) is 10.5 Å². The van der Waals surface area contributed by atoms with Crippen molar-refractivity contribution in [1.29, 1.82) is 0 Å². The number of nitrogens with one attached hydrogen (secondary N) is 3. The Morgan fingerprint density at radius 3 is 3.05 bits per heavy atom. The van der Waals surface area contributed by atoms with Crippen LogP contribution in [0.1, 0.15) is 6.92 Å². The average molecular weight is 290 g/mol. The summed E-state index contributed by atoms with van der Waals surface area (Å²) < 4.78 is 0. The van der Waals surface area contributed by atoms with Gasteiger partial charge in [0.2, 0.25) is 0 Å². The van der Waals surface area contributed by atoms with Crippen LogP contribution in [0.5, 0.6) is 0 Å². The second-order valence-corrected chi connectivity index (χ2v) is 4.58. The lowest BCUT2D eigenvalue weighted by molar-refractivity contribution is 0.252. The minimum atomic E-state index is -0.254. The number of aromatic amines is 1. The van der Waals surface area contributed by atoms with E-state index in [0.29, 0.717) is 23.0 Å². The van der Waals surface area contributed by atoms with E-state index in [1.807, 2.05) is 25.1 Å². The van der Waals surface area contributed by atoms with Crippen LogP contribution < -0.4 is 10.6 Å². The summed E-state index contributed by atoms with van der Waals surface area (Å²) in [7, 11) is 0. The van der Waals surface area contributed by atoms with Gasteiger partial charge >= 0.3 is 6.03 Å². The minimum absolute atomic E-state index is 0.254. The Bertz CT molecular complexity index is 798. The number of anilines is 1. The number of rotatable bonds is 2. The molecule has 0 saturated heterocycles. The number of para-hydroxylation sites is 1. The molecule has 0 spiro atoms. The maximum atomic E-state index is 11.6. The number of nitrogens with zero attached hydrogens (tertiary/aromatic N) is 2. The summed E-state index contributed by atoms with van der Waals surface area (Å²) in [5.41, 5.74) is 2.09. The van der Waals surface area contributed by atoms with E-state index in [9.17, 15) is 4.79 Å². The highest BCUT2D eigenvalue weighted by molar-refractivity contribution is 6.36. The van der Waals surface area contributed by atoms with Gasteiger partial charge in [-0.15, -0.1) is 0 Å². The van der Waals surface area contributed by atoms with E-state index in [0.717, 1.165) is 16.3 Å². The quantitative estimate of drug-likeness (QED) is 0.634. The fourth-order valence-electron chi connectivity index (χ4n) is 2.14. The molecule has 0 aliphatic heterocycles. The van der Waals surface area contributed by atoms with Crippen molar-refractivity contribution in [3.63, 3.8) is 0 Å². The predicted molar refractivity (Wildman–Crippen MR) is 79.1 cm³/mol. The van der Waals surface area contributed by atoms with Crippen LogP contribution in [0.15, 0.2) is 24.5 Å². The van der Waals surface area contributed by atoms with Gasteiger partial charge < -0.3 is 15.6 Å². The fraction of sp³-hybridized carbons (Fsp3) is 0.154.